The maximum absolute atomic E-state index is 12.3. The Morgan fingerprint density at radius 3 is 2.42 bits per heavy atom. The van der Waals surface area contributed by atoms with E-state index in [0.717, 1.165) is 50.3 Å². The second kappa shape index (κ2) is 13.2. The van der Waals surface area contributed by atoms with Crippen LogP contribution in [0.25, 0.3) is 0 Å². The third kappa shape index (κ3) is 8.80. The fourth-order valence-corrected chi connectivity index (χ4v) is 4.47. The number of rotatable bonds is 11. The smallest absolute Gasteiger partial charge is 0.234 e. The number of hydrogen-bond donors (Lipinski definition) is 2. The number of piperazine rings is 1. The third-order valence-electron chi connectivity index (χ3n) is 5.96. The predicted molar refractivity (Wildman–Crippen MR) is 133 cm³/mol. The van der Waals surface area contributed by atoms with Crippen LogP contribution in [0.4, 0.5) is 0 Å². The van der Waals surface area contributed by atoms with Gasteiger partial charge in [0.05, 0.1) is 19.8 Å². The summed E-state index contributed by atoms with van der Waals surface area (Å²) in [5.41, 5.74) is 2.17. The molecule has 2 N–H and O–H groups in total. The van der Waals surface area contributed by atoms with E-state index in [9.17, 15) is 9.90 Å². The summed E-state index contributed by atoms with van der Waals surface area (Å²) >= 11 is 12.1. The minimum Gasteiger partial charge on any atom is -0.497 e. The van der Waals surface area contributed by atoms with Gasteiger partial charge in [-0.05, 0) is 54.7 Å². The summed E-state index contributed by atoms with van der Waals surface area (Å²) in [4.78, 5) is 16.7. The minimum atomic E-state index is -0.360. The van der Waals surface area contributed by atoms with Crippen molar-refractivity contribution in [2.24, 2.45) is 0 Å². The first-order chi connectivity index (χ1) is 15.9. The van der Waals surface area contributed by atoms with Crippen molar-refractivity contribution in [2.45, 2.75) is 25.4 Å². The molecule has 1 aliphatic heterocycles. The van der Waals surface area contributed by atoms with Crippen molar-refractivity contribution in [1.82, 2.24) is 15.1 Å². The number of aryl methyl sites for hydroxylation is 1. The Balaban J connectivity index is 1.29. The molecule has 0 bridgehead atoms. The molecule has 1 amide bonds. The Bertz CT molecular complexity index is 887. The van der Waals surface area contributed by atoms with Gasteiger partial charge in [-0.1, -0.05) is 41.4 Å². The van der Waals surface area contributed by atoms with Gasteiger partial charge < -0.3 is 15.2 Å². The molecule has 0 spiro atoms. The molecule has 1 unspecified atom stereocenters. The number of β-amino-alcohol motifs (C(OH)–C–C–N with tert-alkyl or cyclic N) is 1. The van der Waals surface area contributed by atoms with Gasteiger partial charge >= 0.3 is 0 Å². The average molecular weight is 494 g/mol. The number of halogens is 2. The van der Waals surface area contributed by atoms with Crippen LogP contribution in [0.2, 0.25) is 10.0 Å². The summed E-state index contributed by atoms with van der Waals surface area (Å²) in [6, 6.07) is 13.4. The van der Waals surface area contributed by atoms with Crippen molar-refractivity contribution in [1.29, 1.82) is 0 Å². The monoisotopic (exact) mass is 493 g/mol. The number of aliphatic hydroxyl groups excluding tert-OH is 1. The van der Waals surface area contributed by atoms with Crippen LogP contribution >= 0.6 is 23.2 Å². The Labute approximate surface area is 206 Å². The molecule has 1 heterocycles. The molecular formula is C25H33Cl2N3O3. The molecule has 1 aliphatic rings. The van der Waals surface area contributed by atoms with Gasteiger partial charge in [0.15, 0.2) is 0 Å². The van der Waals surface area contributed by atoms with E-state index >= 15 is 0 Å². The number of nitrogens with zero attached hydrogens (tertiary/aromatic N) is 2. The van der Waals surface area contributed by atoms with Crippen molar-refractivity contribution in [2.75, 3.05) is 52.9 Å². The highest BCUT2D eigenvalue weighted by Crippen LogP contribution is 2.21. The van der Waals surface area contributed by atoms with Crippen molar-refractivity contribution < 1.29 is 14.6 Å². The molecule has 0 aromatic heterocycles. The molecule has 1 fully saturated rings. The molecule has 1 atom stereocenters. The van der Waals surface area contributed by atoms with Crippen LogP contribution in [0.5, 0.6) is 5.75 Å². The zero-order chi connectivity index (χ0) is 23.6. The summed E-state index contributed by atoms with van der Waals surface area (Å²) in [6.45, 7) is 4.95. The maximum Gasteiger partial charge on any atom is 0.234 e. The third-order valence-corrected chi connectivity index (χ3v) is 6.54. The quantitative estimate of drug-likeness (QED) is 0.502. The average Bonchev–Trinajstić information content (AvgIpc) is 2.81. The highest BCUT2D eigenvalue weighted by molar-refractivity contribution is 6.35. The normalized spacial score (nSPS) is 15.9. The molecule has 0 radical (unpaired) electrons. The van der Waals surface area contributed by atoms with Gasteiger partial charge in [-0.25, -0.2) is 0 Å². The van der Waals surface area contributed by atoms with E-state index in [-0.39, 0.29) is 12.0 Å². The van der Waals surface area contributed by atoms with Gasteiger partial charge in [0.2, 0.25) is 5.91 Å². The molecule has 2 aromatic carbocycles. The van der Waals surface area contributed by atoms with Crippen LogP contribution in [0.15, 0.2) is 42.5 Å². The standard InChI is InChI=1S/C25H33Cl2N3O3/c1-33-23-8-3-19(4-9-23)2-7-22(31)17-29-12-14-30(15-13-29)18-25(32)28-11-10-20-5-6-21(26)16-24(20)27/h3-6,8-9,16,22,31H,2,7,10-15,17-18H2,1H3,(H,28,32). The zero-order valence-corrected chi connectivity index (χ0v) is 20.6. The first-order valence-electron chi connectivity index (χ1n) is 11.4. The van der Waals surface area contributed by atoms with Crippen molar-refractivity contribution >= 4 is 29.1 Å². The molecule has 1 saturated heterocycles. The molecule has 0 aliphatic carbocycles. The second-order valence-electron chi connectivity index (χ2n) is 8.45. The van der Waals surface area contributed by atoms with E-state index in [1.165, 1.54) is 5.56 Å². The molecule has 3 rings (SSSR count). The number of methoxy groups -OCH3 is 1. The lowest BCUT2D eigenvalue weighted by Crippen LogP contribution is -2.51. The Morgan fingerprint density at radius 1 is 1.06 bits per heavy atom. The maximum atomic E-state index is 12.3. The lowest BCUT2D eigenvalue weighted by atomic mass is 10.1. The Hall–Kier alpha value is -1.83. The molecular weight excluding hydrogens is 461 g/mol. The number of benzene rings is 2. The molecule has 0 saturated carbocycles. The van der Waals surface area contributed by atoms with Crippen LogP contribution in [-0.2, 0) is 17.6 Å². The van der Waals surface area contributed by atoms with Crippen LogP contribution in [-0.4, -0.2) is 79.8 Å². The number of aliphatic hydroxyl groups is 1. The van der Waals surface area contributed by atoms with E-state index in [4.69, 9.17) is 27.9 Å². The first-order valence-corrected chi connectivity index (χ1v) is 12.1. The summed E-state index contributed by atoms with van der Waals surface area (Å²) < 4.78 is 5.18. The van der Waals surface area contributed by atoms with Gasteiger partial charge in [-0.3, -0.25) is 14.6 Å². The van der Waals surface area contributed by atoms with Crippen LogP contribution in [0.3, 0.4) is 0 Å². The first kappa shape index (κ1) is 25.8. The Kier molecular flexibility index (Phi) is 10.3. The van der Waals surface area contributed by atoms with E-state index in [0.29, 0.717) is 36.1 Å². The number of ether oxygens (including phenoxy) is 1. The lowest BCUT2D eigenvalue weighted by molar-refractivity contribution is -0.122. The second-order valence-corrected chi connectivity index (χ2v) is 9.30. The van der Waals surface area contributed by atoms with E-state index < -0.39 is 0 Å². The highest BCUT2D eigenvalue weighted by Gasteiger charge is 2.20. The van der Waals surface area contributed by atoms with Crippen molar-refractivity contribution in [3.8, 4) is 5.75 Å². The summed E-state index contributed by atoms with van der Waals surface area (Å²) in [5.74, 6) is 0.866. The van der Waals surface area contributed by atoms with Gasteiger partial charge in [0.25, 0.3) is 0 Å². The fraction of sp³-hybridized carbons (Fsp3) is 0.480. The van der Waals surface area contributed by atoms with Crippen LogP contribution in [0.1, 0.15) is 17.5 Å². The lowest BCUT2D eigenvalue weighted by Gasteiger charge is -2.35. The number of carbonyl (C=O) groups excluding carboxylic acids is 1. The molecule has 8 heteroatoms. The molecule has 6 nitrogen and oxygen atoms in total. The predicted octanol–water partition coefficient (Wildman–Crippen LogP) is 3.27. The molecule has 2 aromatic rings. The van der Waals surface area contributed by atoms with E-state index in [1.807, 2.05) is 30.3 Å². The highest BCUT2D eigenvalue weighted by atomic mass is 35.5. The van der Waals surface area contributed by atoms with Gasteiger partial charge in [-0.15, -0.1) is 0 Å². The van der Waals surface area contributed by atoms with Crippen molar-refractivity contribution in [3.63, 3.8) is 0 Å². The van der Waals surface area contributed by atoms with Gasteiger partial charge in [0.1, 0.15) is 5.75 Å². The van der Waals surface area contributed by atoms with Gasteiger partial charge in [-0.2, -0.15) is 0 Å². The topological polar surface area (TPSA) is 65.0 Å². The molecule has 180 valence electrons. The minimum absolute atomic E-state index is 0.0214. The zero-order valence-electron chi connectivity index (χ0n) is 19.1. The largest absolute Gasteiger partial charge is 0.497 e. The SMILES string of the molecule is COc1ccc(CCC(O)CN2CCN(CC(=O)NCCc3ccc(Cl)cc3Cl)CC2)cc1. The van der Waals surface area contributed by atoms with Gasteiger partial charge in [0, 0.05) is 49.3 Å². The summed E-state index contributed by atoms with van der Waals surface area (Å²) in [6.07, 6.45) is 1.88. The van der Waals surface area contributed by atoms with E-state index in [1.54, 1.807) is 19.2 Å². The number of hydrogen-bond acceptors (Lipinski definition) is 5. The summed E-state index contributed by atoms with van der Waals surface area (Å²) in [7, 11) is 1.66. The number of amides is 1. The van der Waals surface area contributed by atoms with E-state index in [2.05, 4.69) is 15.1 Å². The number of nitrogens with one attached hydrogen (secondary N) is 1. The van der Waals surface area contributed by atoms with Crippen LogP contribution in [0, 0.1) is 0 Å². The van der Waals surface area contributed by atoms with Crippen LogP contribution < -0.4 is 10.1 Å². The summed E-state index contributed by atoms with van der Waals surface area (Å²) in [5, 5.41) is 14.6. The number of carbonyl (C=O) groups is 1. The van der Waals surface area contributed by atoms with Crippen molar-refractivity contribution in [3.05, 3.63) is 63.6 Å². The molecule has 33 heavy (non-hydrogen) atoms. The fourth-order valence-electron chi connectivity index (χ4n) is 3.96. The Morgan fingerprint density at radius 2 is 1.76 bits per heavy atom.